The number of carbonyl (C=O) groups is 1. The smallest absolute Gasteiger partial charge is 0.225 e. The summed E-state index contributed by atoms with van der Waals surface area (Å²) in [6.07, 6.45) is 5.60. The number of Topliss-reactive ketones (excluding diaryl/α,β-unsaturated/α-hetero) is 1. The second-order valence-electron chi connectivity index (χ2n) is 6.85. The maximum Gasteiger partial charge on any atom is 0.225 e. The normalized spacial score (nSPS) is 19.1. The fraction of sp³-hybridized carbons (Fsp3) is 0.421. The topological polar surface area (TPSA) is 55.3 Å². The fourth-order valence-corrected chi connectivity index (χ4v) is 3.60. The number of anilines is 1. The van der Waals surface area contributed by atoms with Crippen LogP contribution in [0, 0.1) is 13.8 Å². The van der Waals surface area contributed by atoms with Crippen LogP contribution in [-0.4, -0.2) is 34.4 Å². The molecule has 4 rings (SSSR count). The summed E-state index contributed by atoms with van der Waals surface area (Å²) < 4.78 is 6.36. The maximum atomic E-state index is 12.7. The first-order chi connectivity index (χ1) is 11.6. The van der Waals surface area contributed by atoms with Crippen LogP contribution >= 0.6 is 0 Å². The molecule has 0 radical (unpaired) electrons. The first-order valence-electron chi connectivity index (χ1n) is 8.42. The molecule has 1 fully saturated rings. The summed E-state index contributed by atoms with van der Waals surface area (Å²) >= 11 is 0. The summed E-state index contributed by atoms with van der Waals surface area (Å²) in [4.78, 5) is 23.4. The van der Waals surface area contributed by atoms with E-state index in [0.717, 1.165) is 54.3 Å². The highest BCUT2D eigenvalue weighted by Gasteiger charge is 2.43. The summed E-state index contributed by atoms with van der Waals surface area (Å²) in [5, 5.41) is 0. The average Bonchev–Trinajstić information content (AvgIpc) is 2.58. The van der Waals surface area contributed by atoms with Crippen LogP contribution in [0.1, 0.15) is 40.7 Å². The van der Waals surface area contributed by atoms with Gasteiger partial charge in [0.05, 0.1) is 12.0 Å². The molecule has 24 heavy (non-hydrogen) atoms. The quantitative estimate of drug-likeness (QED) is 0.807. The van der Waals surface area contributed by atoms with Gasteiger partial charge in [0.2, 0.25) is 5.95 Å². The molecule has 3 heterocycles. The second kappa shape index (κ2) is 5.58. The number of nitrogens with zero attached hydrogens (tertiary/aromatic N) is 3. The molecular formula is C19H21N3O2. The van der Waals surface area contributed by atoms with Crippen LogP contribution in [0.25, 0.3) is 0 Å². The zero-order valence-electron chi connectivity index (χ0n) is 14.1. The number of aryl methyl sites for hydroxylation is 2. The van der Waals surface area contributed by atoms with Crippen molar-refractivity contribution in [3.63, 3.8) is 0 Å². The van der Waals surface area contributed by atoms with Gasteiger partial charge >= 0.3 is 0 Å². The predicted octanol–water partition coefficient (Wildman–Crippen LogP) is 3.10. The highest BCUT2D eigenvalue weighted by Crippen LogP contribution is 2.40. The molecule has 5 nitrogen and oxygen atoms in total. The lowest BCUT2D eigenvalue weighted by molar-refractivity contribution is 0.0229. The predicted molar refractivity (Wildman–Crippen MR) is 91.7 cm³/mol. The van der Waals surface area contributed by atoms with E-state index < -0.39 is 0 Å². The van der Waals surface area contributed by atoms with Gasteiger partial charge in [-0.1, -0.05) is 0 Å². The van der Waals surface area contributed by atoms with E-state index in [4.69, 9.17) is 4.74 Å². The van der Waals surface area contributed by atoms with Crippen LogP contribution in [0.2, 0.25) is 0 Å². The Bertz CT molecular complexity index is 781. The Morgan fingerprint density at radius 3 is 2.46 bits per heavy atom. The van der Waals surface area contributed by atoms with Gasteiger partial charge in [-0.25, -0.2) is 9.97 Å². The van der Waals surface area contributed by atoms with E-state index in [0.29, 0.717) is 6.42 Å². The molecule has 1 spiro atoms. The number of benzene rings is 1. The van der Waals surface area contributed by atoms with Crippen molar-refractivity contribution in [2.24, 2.45) is 0 Å². The fourth-order valence-electron chi connectivity index (χ4n) is 3.60. The number of ether oxygens (including phenoxy) is 1. The minimum Gasteiger partial charge on any atom is -0.486 e. The first-order valence-corrected chi connectivity index (χ1v) is 8.42. The number of ketones is 1. The van der Waals surface area contributed by atoms with Crippen molar-refractivity contribution in [3.8, 4) is 5.75 Å². The van der Waals surface area contributed by atoms with Gasteiger partial charge in [-0.2, -0.15) is 0 Å². The molecule has 0 unspecified atom stereocenters. The number of hydrogen-bond donors (Lipinski definition) is 0. The zero-order valence-corrected chi connectivity index (χ0v) is 14.1. The maximum absolute atomic E-state index is 12.7. The van der Waals surface area contributed by atoms with Gasteiger partial charge in [0.15, 0.2) is 5.78 Å². The van der Waals surface area contributed by atoms with Crippen LogP contribution in [0.4, 0.5) is 5.95 Å². The number of rotatable bonds is 1. The van der Waals surface area contributed by atoms with Crippen molar-refractivity contribution in [3.05, 3.63) is 47.3 Å². The Kier molecular flexibility index (Phi) is 3.52. The first kappa shape index (κ1) is 15.1. The number of carbonyl (C=O) groups excluding carboxylic acids is 1. The van der Waals surface area contributed by atoms with Crippen LogP contribution in [0.3, 0.4) is 0 Å². The minimum absolute atomic E-state index is 0.198. The van der Waals surface area contributed by atoms with Gasteiger partial charge in [-0.3, -0.25) is 4.79 Å². The van der Waals surface area contributed by atoms with Crippen molar-refractivity contribution in [1.82, 2.24) is 9.97 Å². The molecule has 0 aliphatic carbocycles. The zero-order chi connectivity index (χ0) is 16.7. The molecule has 0 atom stereocenters. The molecule has 5 heteroatoms. The van der Waals surface area contributed by atoms with Crippen LogP contribution in [0.15, 0.2) is 30.6 Å². The molecular weight excluding hydrogens is 302 g/mol. The Balaban J connectivity index is 1.56. The number of piperidine rings is 1. The molecule has 1 aromatic heterocycles. The average molecular weight is 323 g/mol. The minimum atomic E-state index is -0.378. The lowest BCUT2D eigenvalue weighted by Gasteiger charge is -2.44. The van der Waals surface area contributed by atoms with E-state index in [-0.39, 0.29) is 11.4 Å². The summed E-state index contributed by atoms with van der Waals surface area (Å²) in [5.41, 5.74) is 2.65. The third-order valence-electron chi connectivity index (χ3n) is 5.22. The molecule has 0 amide bonds. The molecule has 2 aromatic rings. The molecule has 0 saturated carbocycles. The highest BCUT2D eigenvalue weighted by molar-refractivity contribution is 6.00. The Morgan fingerprint density at radius 1 is 1.08 bits per heavy atom. The molecule has 0 N–H and O–H groups in total. The van der Waals surface area contributed by atoms with Crippen molar-refractivity contribution in [2.75, 3.05) is 18.0 Å². The van der Waals surface area contributed by atoms with Gasteiger partial charge in [0, 0.05) is 38.3 Å². The molecule has 2 aliphatic heterocycles. The number of aromatic nitrogens is 2. The van der Waals surface area contributed by atoms with E-state index in [1.165, 1.54) is 0 Å². The van der Waals surface area contributed by atoms with E-state index in [1.54, 1.807) is 12.4 Å². The summed E-state index contributed by atoms with van der Waals surface area (Å²) in [6, 6.07) is 5.79. The van der Waals surface area contributed by atoms with Gasteiger partial charge < -0.3 is 9.64 Å². The summed E-state index contributed by atoms with van der Waals surface area (Å²) in [7, 11) is 0. The molecule has 1 aromatic carbocycles. The van der Waals surface area contributed by atoms with Crippen molar-refractivity contribution >= 4 is 11.7 Å². The van der Waals surface area contributed by atoms with Gasteiger partial charge in [-0.15, -0.1) is 0 Å². The van der Waals surface area contributed by atoms with E-state index in [1.807, 2.05) is 25.1 Å². The highest BCUT2D eigenvalue weighted by atomic mass is 16.5. The Labute approximate surface area is 141 Å². The van der Waals surface area contributed by atoms with Crippen molar-refractivity contribution < 1.29 is 9.53 Å². The third-order valence-corrected chi connectivity index (χ3v) is 5.22. The standard InChI is InChI=1S/C19H21N3O2/c1-13-10-15-16(23)12-19(24-17(15)11-14(13)2)4-8-22(9-5-19)18-20-6-3-7-21-18/h3,6-7,10-11H,4-5,8-9,12H2,1-2H3. The molecule has 0 bridgehead atoms. The molecule has 1 saturated heterocycles. The summed E-state index contributed by atoms with van der Waals surface area (Å²) in [6.45, 7) is 5.70. The Morgan fingerprint density at radius 2 is 1.75 bits per heavy atom. The van der Waals surface area contributed by atoms with Crippen LogP contribution in [0.5, 0.6) is 5.75 Å². The van der Waals surface area contributed by atoms with E-state index in [2.05, 4.69) is 21.8 Å². The molecule has 2 aliphatic rings. The largest absolute Gasteiger partial charge is 0.486 e. The van der Waals surface area contributed by atoms with E-state index >= 15 is 0 Å². The third kappa shape index (κ3) is 2.54. The lowest BCUT2D eigenvalue weighted by Crippen LogP contribution is -2.51. The SMILES string of the molecule is Cc1cc2c(cc1C)C(=O)CC1(CCN(c3ncccn3)CC1)O2. The Hall–Kier alpha value is -2.43. The number of hydrogen-bond acceptors (Lipinski definition) is 5. The van der Waals surface area contributed by atoms with Crippen molar-refractivity contribution in [1.29, 1.82) is 0 Å². The number of fused-ring (bicyclic) bond motifs is 1. The van der Waals surface area contributed by atoms with Gasteiger partial charge in [0.25, 0.3) is 0 Å². The van der Waals surface area contributed by atoms with E-state index in [9.17, 15) is 4.79 Å². The monoisotopic (exact) mass is 323 g/mol. The van der Waals surface area contributed by atoms with Gasteiger partial charge in [0.1, 0.15) is 11.4 Å². The summed E-state index contributed by atoms with van der Waals surface area (Å²) in [5.74, 6) is 1.70. The molecule has 124 valence electrons. The lowest BCUT2D eigenvalue weighted by atomic mass is 9.82. The van der Waals surface area contributed by atoms with Crippen LogP contribution < -0.4 is 9.64 Å². The van der Waals surface area contributed by atoms with Crippen LogP contribution in [-0.2, 0) is 0 Å². The van der Waals surface area contributed by atoms with Gasteiger partial charge in [-0.05, 0) is 43.2 Å². The second-order valence-corrected chi connectivity index (χ2v) is 6.85. The van der Waals surface area contributed by atoms with Crippen molar-refractivity contribution in [2.45, 2.75) is 38.7 Å².